The van der Waals surface area contributed by atoms with Crippen molar-refractivity contribution in [3.05, 3.63) is 54.1 Å². The molecule has 0 atom stereocenters. The average molecular weight is 410 g/mol. The first-order valence-corrected chi connectivity index (χ1v) is 10.7. The second kappa shape index (κ2) is 9.39. The van der Waals surface area contributed by atoms with E-state index in [1.807, 2.05) is 24.3 Å². The molecule has 6 nitrogen and oxygen atoms in total. The summed E-state index contributed by atoms with van der Waals surface area (Å²) in [5.74, 6) is 1.96. The van der Waals surface area contributed by atoms with Crippen LogP contribution in [-0.2, 0) is 11.3 Å². The number of hydrogen-bond acceptors (Lipinski definition) is 5. The van der Waals surface area contributed by atoms with Gasteiger partial charge in [0.25, 0.3) is 0 Å². The molecule has 2 aromatic carbocycles. The Bertz CT molecular complexity index is 826. The van der Waals surface area contributed by atoms with Crippen LogP contribution in [0.15, 0.2) is 48.5 Å². The van der Waals surface area contributed by atoms with Gasteiger partial charge in [0, 0.05) is 44.5 Å². The van der Waals surface area contributed by atoms with Crippen LogP contribution in [0.2, 0.25) is 0 Å². The van der Waals surface area contributed by atoms with Gasteiger partial charge in [0.05, 0.1) is 20.8 Å². The summed E-state index contributed by atoms with van der Waals surface area (Å²) in [7, 11) is 3.35. The number of ether oxygens (including phenoxy) is 2. The summed E-state index contributed by atoms with van der Waals surface area (Å²) in [6.07, 6.45) is 2.24. The standard InChI is InChI=1S/C24H31N3O3/c1-29-22-9-3-19(4-10-22)17-27(21-5-6-21)24(28)18-25-13-15-26(16-14-25)20-7-11-23(30-2)12-8-20/h3-4,7-12,21H,5-6,13-18H2,1-2H3. The third-order valence-electron chi connectivity index (χ3n) is 5.99. The van der Waals surface area contributed by atoms with E-state index in [9.17, 15) is 4.79 Å². The second-order valence-corrected chi connectivity index (χ2v) is 8.06. The summed E-state index contributed by atoms with van der Waals surface area (Å²) in [5, 5.41) is 0. The number of methoxy groups -OCH3 is 2. The van der Waals surface area contributed by atoms with Crippen LogP contribution in [0.5, 0.6) is 11.5 Å². The van der Waals surface area contributed by atoms with Crippen LogP contribution in [0, 0.1) is 0 Å². The highest BCUT2D eigenvalue weighted by atomic mass is 16.5. The molecular weight excluding hydrogens is 378 g/mol. The van der Waals surface area contributed by atoms with E-state index in [0.717, 1.165) is 56.1 Å². The van der Waals surface area contributed by atoms with Crippen molar-refractivity contribution in [1.29, 1.82) is 0 Å². The quantitative estimate of drug-likeness (QED) is 0.671. The highest BCUT2D eigenvalue weighted by Gasteiger charge is 2.33. The fraction of sp³-hybridized carbons (Fsp3) is 0.458. The Morgan fingerprint density at radius 1 is 0.900 bits per heavy atom. The van der Waals surface area contributed by atoms with E-state index in [-0.39, 0.29) is 5.91 Å². The molecule has 160 valence electrons. The minimum absolute atomic E-state index is 0.242. The van der Waals surface area contributed by atoms with Gasteiger partial charge in [-0.2, -0.15) is 0 Å². The van der Waals surface area contributed by atoms with Crippen LogP contribution in [0.4, 0.5) is 5.69 Å². The molecule has 6 heteroatoms. The van der Waals surface area contributed by atoms with Gasteiger partial charge in [-0.1, -0.05) is 12.1 Å². The molecule has 2 aliphatic rings. The maximum absolute atomic E-state index is 13.1. The van der Waals surface area contributed by atoms with E-state index < -0.39 is 0 Å². The predicted molar refractivity (Wildman–Crippen MR) is 118 cm³/mol. The van der Waals surface area contributed by atoms with Crippen molar-refractivity contribution in [2.24, 2.45) is 0 Å². The third-order valence-corrected chi connectivity index (χ3v) is 5.99. The molecule has 2 fully saturated rings. The Labute approximate surface area is 179 Å². The van der Waals surface area contributed by atoms with Crippen molar-refractivity contribution in [2.45, 2.75) is 25.4 Å². The Hall–Kier alpha value is -2.73. The number of nitrogens with zero attached hydrogens (tertiary/aromatic N) is 3. The summed E-state index contributed by atoms with van der Waals surface area (Å²) in [5.41, 5.74) is 2.36. The zero-order valence-electron chi connectivity index (χ0n) is 17.9. The lowest BCUT2D eigenvalue weighted by Crippen LogP contribution is -2.50. The molecule has 30 heavy (non-hydrogen) atoms. The third kappa shape index (κ3) is 5.05. The van der Waals surface area contributed by atoms with Crippen LogP contribution in [-0.4, -0.2) is 68.7 Å². The van der Waals surface area contributed by atoms with Crippen LogP contribution in [0.1, 0.15) is 18.4 Å². The monoisotopic (exact) mass is 409 g/mol. The Morgan fingerprint density at radius 2 is 1.47 bits per heavy atom. The molecule has 1 aliphatic heterocycles. The molecular formula is C24H31N3O3. The van der Waals surface area contributed by atoms with Crippen molar-refractivity contribution in [3.63, 3.8) is 0 Å². The van der Waals surface area contributed by atoms with Crippen LogP contribution in [0.3, 0.4) is 0 Å². The number of hydrogen-bond donors (Lipinski definition) is 0. The van der Waals surface area contributed by atoms with Gasteiger partial charge in [0.15, 0.2) is 0 Å². The molecule has 2 aromatic rings. The van der Waals surface area contributed by atoms with Gasteiger partial charge in [-0.25, -0.2) is 0 Å². The van der Waals surface area contributed by atoms with E-state index in [2.05, 4.69) is 39.0 Å². The van der Waals surface area contributed by atoms with Crippen molar-refractivity contribution < 1.29 is 14.3 Å². The SMILES string of the molecule is COc1ccc(CN(C(=O)CN2CCN(c3ccc(OC)cc3)CC2)C2CC2)cc1. The van der Waals surface area contributed by atoms with Gasteiger partial charge >= 0.3 is 0 Å². The fourth-order valence-corrected chi connectivity index (χ4v) is 3.97. The van der Waals surface area contributed by atoms with Gasteiger partial charge < -0.3 is 19.3 Å². The van der Waals surface area contributed by atoms with Gasteiger partial charge in [-0.3, -0.25) is 9.69 Å². The van der Waals surface area contributed by atoms with Crippen LogP contribution >= 0.6 is 0 Å². The summed E-state index contributed by atoms with van der Waals surface area (Å²) < 4.78 is 10.5. The van der Waals surface area contributed by atoms with E-state index in [0.29, 0.717) is 19.1 Å². The van der Waals surface area contributed by atoms with Crippen LogP contribution in [0.25, 0.3) is 0 Å². The Kier molecular flexibility index (Phi) is 6.43. The van der Waals surface area contributed by atoms with Gasteiger partial charge in [-0.05, 0) is 54.8 Å². The summed E-state index contributed by atoms with van der Waals surface area (Å²) in [4.78, 5) is 19.8. The number of carbonyl (C=O) groups excluding carboxylic acids is 1. The Morgan fingerprint density at radius 3 is 2.00 bits per heavy atom. The molecule has 1 amide bonds. The highest BCUT2D eigenvalue weighted by molar-refractivity contribution is 5.79. The summed E-state index contributed by atoms with van der Waals surface area (Å²) in [6.45, 7) is 4.85. The van der Waals surface area contributed by atoms with E-state index in [4.69, 9.17) is 9.47 Å². The molecule has 0 N–H and O–H groups in total. The predicted octanol–water partition coefficient (Wildman–Crippen LogP) is 3.02. The zero-order chi connectivity index (χ0) is 20.9. The smallest absolute Gasteiger partial charge is 0.237 e. The van der Waals surface area contributed by atoms with E-state index >= 15 is 0 Å². The lowest BCUT2D eigenvalue weighted by molar-refractivity contribution is -0.133. The number of benzene rings is 2. The minimum Gasteiger partial charge on any atom is -0.497 e. The molecule has 0 unspecified atom stereocenters. The van der Waals surface area contributed by atoms with Crippen molar-refractivity contribution >= 4 is 11.6 Å². The van der Waals surface area contributed by atoms with Crippen LogP contribution < -0.4 is 14.4 Å². The molecule has 1 aliphatic carbocycles. The topological polar surface area (TPSA) is 45.2 Å². The minimum atomic E-state index is 0.242. The van der Waals surface area contributed by atoms with Crippen molar-refractivity contribution in [1.82, 2.24) is 9.80 Å². The highest BCUT2D eigenvalue weighted by Crippen LogP contribution is 2.29. The lowest BCUT2D eigenvalue weighted by Gasteiger charge is -2.36. The number of amides is 1. The number of piperazine rings is 1. The second-order valence-electron chi connectivity index (χ2n) is 8.06. The maximum atomic E-state index is 13.1. The van der Waals surface area contributed by atoms with Gasteiger partial charge in [0.1, 0.15) is 11.5 Å². The Balaban J connectivity index is 1.30. The van der Waals surface area contributed by atoms with Gasteiger partial charge in [0.2, 0.25) is 5.91 Å². The summed E-state index contributed by atoms with van der Waals surface area (Å²) >= 11 is 0. The molecule has 1 heterocycles. The largest absolute Gasteiger partial charge is 0.497 e. The molecule has 0 radical (unpaired) electrons. The number of rotatable bonds is 8. The molecule has 0 spiro atoms. The van der Waals surface area contributed by atoms with Gasteiger partial charge in [-0.15, -0.1) is 0 Å². The van der Waals surface area contributed by atoms with Crippen molar-refractivity contribution in [3.8, 4) is 11.5 Å². The molecule has 4 rings (SSSR count). The van der Waals surface area contributed by atoms with E-state index in [1.54, 1.807) is 14.2 Å². The fourth-order valence-electron chi connectivity index (χ4n) is 3.97. The van der Waals surface area contributed by atoms with E-state index in [1.165, 1.54) is 5.69 Å². The first kappa shape index (κ1) is 20.5. The maximum Gasteiger partial charge on any atom is 0.237 e. The molecule has 0 aromatic heterocycles. The zero-order valence-corrected chi connectivity index (χ0v) is 17.9. The lowest BCUT2D eigenvalue weighted by atomic mass is 10.2. The molecule has 1 saturated carbocycles. The first-order chi connectivity index (χ1) is 14.7. The first-order valence-electron chi connectivity index (χ1n) is 10.7. The molecule has 0 bridgehead atoms. The number of carbonyl (C=O) groups is 1. The van der Waals surface area contributed by atoms with Crippen molar-refractivity contribution in [2.75, 3.05) is 51.8 Å². The number of anilines is 1. The average Bonchev–Trinajstić information content (AvgIpc) is 3.63. The normalized spacial score (nSPS) is 16.9. The molecule has 1 saturated heterocycles. The summed E-state index contributed by atoms with van der Waals surface area (Å²) in [6, 6.07) is 16.6.